The molecule has 206 valence electrons. The fourth-order valence-electron chi connectivity index (χ4n) is 5.54. The van der Waals surface area contributed by atoms with Gasteiger partial charge >= 0.3 is 6.09 Å². The number of benzene rings is 1. The van der Waals surface area contributed by atoms with Crippen LogP contribution >= 0.6 is 23.2 Å². The van der Waals surface area contributed by atoms with Gasteiger partial charge in [0.15, 0.2) is 0 Å². The van der Waals surface area contributed by atoms with Crippen LogP contribution in [-0.2, 0) is 9.53 Å². The van der Waals surface area contributed by atoms with Gasteiger partial charge in [0.2, 0.25) is 5.91 Å². The number of pyridine rings is 1. The van der Waals surface area contributed by atoms with Gasteiger partial charge in [-0.15, -0.1) is 0 Å². The van der Waals surface area contributed by atoms with Crippen LogP contribution in [-0.4, -0.2) is 71.2 Å². The van der Waals surface area contributed by atoms with Gasteiger partial charge in [0.05, 0.1) is 10.0 Å². The molecule has 2 amide bonds. The fraction of sp³-hybridized carbons (Fsp3) is 0.552. The zero-order chi connectivity index (χ0) is 27.4. The maximum absolute atomic E-state index is 13.2. The molecule has 0 saturated carbocycles. The number of ether oxygens (including phenoxy) is 1. The van der Waals surface area contributed by atoms with E-state index >= 15 is 0 Å². The number of piperidine rings is 2. The van der Waals surface area contributed by atoms with Crippen molar-refractivity contribution in [3.05, 3.63) is 58.2 Å². The van der Waals surface area contributed by atoms with Gasteiger partial charge in [-0.05, 0) is 76.3 Å². The normalized spacial score (nSPS) is 21.4. The second-order valence-electron chi connectivity index (χ2n) is 11.3. The molecule has 1 unspecified atom stereocenters. The summed E-state index contributed by atoms with van der Waals surface area (Å²) in [5.41, 5.74) is 0.587. The van der Waals surface area contributed by atoms with E-state index in [0.717, 1.165) is 50.9 Å². The number of hydrogen-bond donors (Lipinski definition) is 0. The van der Waals surface area contributed by atoms with E-state index in [1.54, 1.807) is 11.1 Å². The van der Waals surface area contributed by atoms with Crippen LogP contribution in [0.4, 0.5) is 10.6 Å². The molecule has 0 aliphatic carbocycles. The number of rotatable bonds is 6. The molecule has 0 N–H and O–H groups in total. The summed E-state index contributed by atoms with van der Waals surface area (Å²) in [6.45, 7) is 8.28. The molecule has 2 aliphatic heterocycles. The van der Waals surface area contributed by atoms with Crippen molar-refractivity contribution in [2.24, 2.45) is 0 Å². The maximum Gasteiger partial charge on any atom is 0.410 e. The SMILES string of the molecule is CN(C(=O)OC(C)(C)C)C1CCN(CCC2[C@H](c3ccc(Cl)c(Cl)c3)CCC(=O)N2c2ccccn2)CC1. The third-order valence-electron chi connectivity index (χ3n) is 7.53. The van der Waals surface area contributed by atoms with E-state index < -0.39 is 5.60 Å². The van der Waals surface area contributed by atoms with Gasteiger partial charge in [-0.1, -0.05) is 35.3 Å². The Hall–Kier alpha value is -2.35. The summed E-state index contributed by atoms with van der Waals surface area (Å²) in [5, 5.41) is 1.06. The lowest BCUT2D eigenvalue weighted by Gasteiger charge is -2.43. The summed E-state index contributed by atoms with van der Waals surface area (Å²) in [7, 11) is 1.83. The second kappa shape index (κ2) is 12.2. The lowest BCUT2D eigenvalue weighted by Crippen LogP contribution is -2.51. The topological polar surface area (TPSA) is 66.0 Å². The Morgan fingerprint density at radius 1 is 1.11 bits per heavy atom. The minimum atomic E-state index is -0.506. The van der Waals surface area contributed by atoms with Crippen molar-refractivity contribution in [2.45, 2.75) is 76.5 Å². The van der Waals surface area contributed by atoms with E-state index in [0.29, 0.717) is 22.3 Å². The number of nitrogens with zero attached hydrogens (tertiary/aromatic N) is 4. The number of anilines is 1. The van der Waals surface area contributed by atoms with Crippen molar-refractivity contribution < 1.29 is 14.3 Å². The highest BCUT2D eigenvalue weighted by atomic mass is 35.5. The standard InChI is InChI=1S/C29H38Cl2N4O3/c1-29(2,3)38-28(37)33(4)21-12-16-34(17-13-21)18-14-25-22(20-8-10-23(30)24(31)19-20)9-11-27(36)35(25)26-7-5-6-15-32-26/h5-8,10,15,19,21-22,25H,9,11-14,16-18H2,1-4H3/t22-,25?/m0/s1. The van der Waals surface area contributed by atoms with Crippen molar-refractivity contribution in [1.29, 1.82) is 0 Å². The van der Waals surface area contributed by atoms with Crippen molar-refractivity contribution in [1.82, 2.24) is 14.8 Å². The Balaban J connectivity index is 1.46. The number of likely N-dealkylation sites (tertiary alicyclic amines) is 1. The second-order valence-corrected chi connectivity index (χ2v) is 12.1. The lowest BCUT2D eigenvalue weighted by atomic mass is 9.81. The van der Waals surface area contributed by atoms with Crippen LogP contribution < -0.4 is 4.90 Å². The quantitative estimate of drug-likeness (QED) is 0.409. The van der Waals surface area contributed by atoms with Crippen molar-refractivity contribution >= 4 is 41.0 Å². The third-order valence-corrected chi connectivity index (χ3v) is 8.27. The van der Waals surface area contributed by atoms with E-state index in [9.17, 15) is 9.59 Å². The summed E-state index contributed by atoms with van der Waals surface area (Å²) in [4.78, 5) is 36.3. The van der Waals surface area contributed by atoms with Crippen molar-refractivity contribution in [2.75, 3.05) is 31.6 Å². The maximum atomic E-state index is 13.2. The molecule has 1 aromatic carbocycles. The molecule has 2 saturated heterocycles. The van der Waals surface area contributed by atoms with Crippen LogP contribution in [0.1, 0.15) is 64.4 Å². The monoisotopic (exact) mass is 560 g/mol. The van der Waals surface area contributed by atoms with E-state index in [-0.39, 0.29) is 30.0 Å². The highest BCUT2D eigenvalue weighted by Gasteiger charge is 2.38. The highest BCUT2D eigenvalue weighted by molar-refractivity contribution is 6.42. The Morgan fingerprint density at radius 2 is 1.84 bits per heavy atom. The Kier molecular flexibility index (Phi) is 9.22. The van der Waals surface area contributed by atoms with Crippen LogP contribution in [0.3, 0.4) is 0 Å². The van der Waals surface area contributed by atoms with Gasteiger partial charge in [-0.3, -0.25) is 9.69 Å². The van der Waals surface area contributed by atoms with E-state index in [1.165, 1.54) is 0 Å². The molecule has 9 heteroatoms. The molecular formula is C29H38Cl2N4O3. The zero-order valence-corrected chi connectivity index (χ0v) is 24.2. The molecule has 3 heterocycles. The van der Waals surface area contributed by atoms with Gasteiger partial charge in [0.1, 0.15) is 11.4 Å². The average molecular weight is 562 g/mol. The molecule has 0 spiro atoms. The summed E-state index contributed by atoms with van der Waals surface area (Å²) in [6, 6.07) is 11.6. The molecule has 4 rings (SSSR count). The van der Waals surface area contributed by atoms with Crippen LogP contribution in [0.15, 0.2) is 42.6 Å². The zero-order valence-electron chi connectivity index (χ0n) is 22.7. The largest absolute Gasteiger partial charge is 0.444 e. The molecule has 38 heavy (non-hydrogen) atoms. The van der Waals surface area contributed by atoms with Gasteiger partial charge < -0.3 is 14.5 Å². The van der Waals surface area contributed by atoms with Gasteiger partial charge in [-0.2, -0.15) is 0 Å². The smallest absolute Gasteiger partial charge is 0.410 e. The number of carbonyl (C=O) groups excluding carboxylic acids is 2. The molecule has 2 fully saturated rings. The summed E-state index contributed by atoms with van der Waals surface area (Å²) < 4.78 is 5.55. The number of aromatic nitrogens is 1. The first kappa shape index (κ1) is 28.7. The van der Waals surface area contributed by atoms with E-state index in [2.05, 4.69) is 9.88 Å². The minimum Gasteiger partial charge on any atom is -0.444 e. The molecule has 0 bridgehead atoms. The molecule has 1 aromatic heterocycles. The highest BCUT2D eigenvalue weighted by Crippen LogP contribution is 2.39. The Morgan fingerprint density at radius 3 is 2.47 bits per heavy atom. The molecule has 2 aromatic rings. The predicted octanol–water partition coefficient (Wildman–Crippen LogP) is 6.39. The first-order chi connectivity index (χ1) is 18.0. The molecular weight excluding hydrogens is 523 g/mol. The summed E-state index contributed by atoms with van der Waals surface area (Å²) >= 11 is 12.6. The fourth-order valence-corrected chi connectivity index (χ4v) is 5.85. The van der Waals surface area contributed by atoms with E-state index in [1.807, 2.05) is 69.1 Å². The van der Waals surface area contributed by atoms with E-state index in [4.69, 9.17) is 27.9 Å². The third kappa shape index (κ3) is 6.99. The first-order valence-electron chi connectivity index (χ1n) is 13.4. The lowest BCUT2D eigenvalue weighted by molar-refractivity contribution is -0.120. The van der Waals surface area contributed by atoms with Crippen LogP contribution in [0, 0.1) is 0 Å². The van der Waals surface area contributed by atoms with Crippen LogP contribution in [0.25, 0.3) is 0 Å². The van der Waals surface area contributed by atoms with Gasteiger partial charge in [-0.25, -0.2) is 9.78 Å². The van der Waals surface area contributed by atoms with Crippen LogP contribution in [0.5, 0.6) is 0 Å². The average Bonchev–Trinajstić information content (AvgIpc) is 2.88. The van der Waals surface area contributed by atoms with Crippen molar-refractivity contribution in [3.8, 4) is 0 Å². The summed E-state index contributed by atoms with van der Waals surface area (Å²) in [6.07, 6.45) is 5.26. The Bertz CT molecular complexity index is 1120. The number of halogens is 2. The first-order valence-corrected chi connectivity index (χ1v) is 14.2. The molecule has 2 aliphatic rings. The van der Waals surface area contributed by atoms with Crippen molar-refractivity contribution in [3.63, 3.8) is 0 Å². The minimum absolute atomic E-state index is 0.0504. The number of carbonyl (C=O) groups is 2. The molecule has 0 radical (unpaired) electrons. The molecule has 7 nitrogen and oxygen atoms in total. The Labute approximate surface area is 236 Å². The van der Waals surface area contributed by atoms with Gasteiger partial charge in [0, 0.05) is 57.3 Å². The predicted molar refractivity (Wildman–Crippen MR) is 152 cm³/mol. The summed E-state index contributed by atoms with van der Waals surface area (Å²) in [5.74, 6) is 0.910. The van der Waals surface area contributed by atoms with Crippen LogP contribution in [0.2, 0.25) is 10.0 Å². The number of hydrogen-bond acceptors (Lipinski definition) is 5. The number of amides is 2. The molecule has 2 atom stereocenters. The van der Waals surface area contributed by atoms with Gasteiger partial charge in [0.25, 0.3) is 0 Å².